The second-order valence-corrected chi connectivity index (χ2v) is 8.49. The largest absolute Gasteiger partial charge is 0.490 e. The Kier molecular flexibility index (Phi) is 8.53. The predicted molar refractivity (Wildman–Crippen MR) is 134 cm³/mol. The molecule has 1 amide bonds. The van der Waals surface area contributed by atoms with E-state index in [-0.39, 0.29) is 5.57 Å². The molecule has 3 rings (SSSR count). The normalized spacial score (nSPS) is 10.9. The topological polar surface area (TPSA) is 71.3 Å². The Bertz CT molecular complexity index is 1220. The van der Waals surface area contributed by atoms with Gasteiger partial charge in [0.15, 0.2) is 11.5 Å². The lowest BCUT2D eigenvalue weighted by atomic mass is 10.1. The number of halogens is 2. The monoisotopic (exact) mass is 524 g/mol. The Morgan fingerprint density at radius 2 is 1.85 bits per heavy atom. The Morgan fingerprint density at radius 1 is 1.09 bits per heavy atom. The summed E-state index contributed by atoms with van der Waals surface area (Å²) in [6, 6.07) is 20.2. The first kappa shape index (κ1) is 24.4. The van der Waals surface area contributed by atoms with Crippen molar-refractivity contribution < 1.29 is 14.3 Å². The van der Waals surface area contributed by atoms with Crippen LogP contribution in [0, 0.1) is 18.3 Å². The number of rotatable bonds is 8. The molecule has 0 aliphatic carbocycles. The number of nitrogens with one attached hydrogen (secondary N) is 1. The summed E-state index contributed by atoms with van der Waals surface area (Å²) in [7, 11) is 0. The van der Waals surface area contributed by atoms with Gasteiger partial charge in [0.2, 0.25) is 0 Å². The Balaban J connectivity index is 1.78. The molecule has 0 saturated heterocycles. The van der Waals surface area contributed by atoms with E-state index in [9.17, 15) is 10.1 Å². The maximum absolute atomic E-state index is 12.7. The van der Waals surface area contributed by atoms with Gasteiger partial charge in [-0.15, -0.1) is 0 Å². The van der Waals surface area contributed by atoms with Crippen molar-refractivity contribution in [2.75, 3.05) is 11.9 Å². The van der Waals surface area contributed by atoms with Crippen molar-refractivity contribution in [1.29, 1.82) is 5.26 Å². The lowest BCUT2D eigenvalue weighted by molar-refractivity contribution is -0.112. The van der Waals surface area contributed by atoms with Gasteiger partial charge in [-0.1, -0.05) is 45.7 Å². The van der Waals surface area contributed by atoms with Crippen molar-refractivity contribution in [3.8, 4) is 17.6 Å². The zero-order valence-electron chi connectivity index (χ0n) is 18.2. The van der Waals surface area contributed by atoms with E-state index in [4.69, 9.17) is 21.1 Å². The Hall–Kier alpha value is -3.27. The molecule has 3 aromatic rings. The van der Waals surface area contributed by atoms with Crippen molar-refractivity contribution >= 4 is 45.2 Å². The highest BCUT2D eigenvalue weighted by Gasteiger charge is 2.13. The summed E-state index contributed by atoms with van der Waals surface area (Å²) in [6.07, 6.45) is 1.52. The number of amides is 1. The van der Waals surface area contributed by atoms with Gasteiger partial charge in [-0.3, -0.25) is 4.79 Å². The minimum atomic E-state index is -0.503. The predicted octanol–water partition coefficient (Wildman–Crippen LogP) is 6.93. The van der Waals surface area contributed by atoms with Gasteiger partial charge in [-0.2, -0.15) is 5.26 Å². The molecule has 3 aromatic carbocycles. The fourth-order valence-electron chi connectivity index (χ4n) is 3.02. The zero-order valence-corrected chi connectivity index (χ0v) is 20.5. The number of hydrogen-bond acceptors (Lipinski definition) is 4. The molecule has 1 N–H and O–H groups in total. The first-order valence-corrected chi connectivity index (χ1v) is 11.4. The summed E-state index contributed by atoms with van der Waals surface area (Å²) in [4.78, 5) is 12.7. The molecule has 0 radical (unpaired) electrons. The van der Waals surface area contributed by atoms with Crippen LogP contribution in [0.2, 0.25) is 5.02 Å². The maximum Gasteiger partial charge on any atom is 0.266 e. The van der Waals surface area contributed by atoms with Crippen molar-refractivity contribution in [2.24, 2.45) is 0 Å². The van der Waals surface area contributed by atoms with Crippen LogP contribution in [0.3, 0.4) is 0 Å². The molecule has 168 valence electrons. The van der Waals surface area contributed by atoms with E-state index < -0.39 is 5.91 Å². The third-order valence-electron chi connectivity index (χ3n) is 4.69. The summed E-state index contributed by atoms with van der Waals surface area (Å²) >= 11 is 9.39. The van der Waals surface area contributed by atoms with Gasteiger partial charge in [0.1, 0.15) is 18.2 Å². The summed E-state index contributed by atoms with van der Waals surface area (Å²) < 4.78 is 12.7. The Morgan fingerprint density at radius 3 is 2.52 bits per heavy atom. The average Bonchev–Trinajstić information content (AvgIpc) is 2.80. The van der Waals surface area contributed by atoms with E-state index in [1.54, 1.807) is 36.4 Å². The van der Waals surface area contributed by atoms with Gasteiger partial charge in [-0.25, -0.2) is 0 Å². The minimum Gasteiger partial charge on any atom is -0.490 e. The van der Waals surface area contributed by atoms with E-state index in [1.165, 1.54) is 6.08 Å². The van der Waals surface area contributed by atoms with Gasteiger partial charge in [0, 0.05) is 15.2 Å². The Labute approximate surface area is 206 Å². The van der Waals surface area contributed by atoms with Gasteiger partial charge in [0.05, 0.1) is 6.61 Å². The fourth-order valence-corrected chi connectivity index (χ4v) is 3.51. The molecule has 0 atom stereocenters. The number of carbonyl (C=O) groups is 1. The van der Waals surface area contributed by atoms with Crippen molar-refractivity contribution in [2.45, 2.75) is 20.5 Å². The second-order valence-electron chi connectivity index (χ2n) is 7.14. The molecule has 0 aromatic heterocycles. The van der Waals surface area contributed by atoms with Crippen LogP contribution < -0.4 is 14.8 Å². The molecule has 0 saturated carbocycles. The fraction of sp³-hybridized carbons (Fsp3) is 0.154. The van der Waals surface area contributed by atoms with Crippen LogP contribution >= 0.6 is 27.5 Å². The number of hydrogen-bond donors (Lipinski definition) is 1. The number of ether oxygens (including phenoxy) is 2. The van der Waals surface area contributed by atoms with Crippen LogP contribution in [0.1, 0.15) is 23.6 Å². The highest BCUT2D eigenvalue weighted by Crippen LogP contribution is 2.30. The smallest absolute Gasteiger partial charge is 0.266 e. The molecule has 5 nitrogen and oxygen atoms in total. The molecule has 0 bridgehead atoms. The first-order valence-electron chi connectivity index (χ1n) is 10.2. The van der Waals surface area contributed by atoms with Gasteiger partial charge < -0.3 is 14.8 Å². The molecule has 0 heterocycles. The quantitative estimate of drug-likeness (QED) is 0.256. The number of nitrogens with zero attached hydrogens (tertiary/aromatic N) is 1. The maximum atomic E-state index is 12.7. The molecule has 7 heteroatoms. The lowest BCUT2D eigenvalue weighted by Gasteiger charge is -2.13. The van der Waals surface area contributed by atoms with Crippen molar-refractivity contribution in [1.82, 2.24) is 0 Å². The van der Waals surface area contributed by atoms with Crippen LogP contribution in [0.25, 0.3) is 6.08 Å². The highest BCUT2D eigenvalue weighted by molar-refractivity contribution is 9.10. The van der Waals surface area contributed by atoms with Gasteiger partial charge in [0.25, 0.3) is 5.91 Å². The van der Waals surface area contributed by atoms with Crippen LogP contribution in [0.15, 0.2) is 70.7 Å². The number of carbonyl (C=O) groups excluding carboxylic acids is 1. The zero-order chi connectivity index (χ0) is 23.8. The SMILES string of the molecule is CCOc1cc(/C=C(\C#N)C(=O)Nc2ccc(Cl)cc2C)ccc1OCc1ccc(Br)cc1. The average molecular weight is 526 g/mol. The van der Waals surface area contributed by atoms with Crippen molar-refractivity contribution in [3.63, 3.8) is 0 Å². The van der Waals surface area contributed by atoms with Crippen LogP contribution in [-0.4, -0.2) is 12.5 Å². The highest BCUT2D eigenvalue weighted by atomic mass is 79.9. The minimum absolute atomic E-state index is 0.0321. The molecule has 0 spiro atoms. The number of aryl methyl sites for hydroxylation is 1. The molecular formula is C26H22BrClN2O3. The summed E-state index contributed by atoms with van der Waals surface area (Å²) in [5.41, 5.74) is 3.03. The number of anilines is 1. The van der Waals surface area contributed by atoms with E-state index in [0.29, 0.717) is 41.0 Å². The van der Waals surface area contributed by atoms with E-state index in [2.05, 4.69) is 21.2 Å². The standard InChI is InChI=1S/C26H22BrClN2O3/c1-3-32-25-14-19(6-11-24(25)33-16-18-4-7-21(27)8-5-18)13-20(15-29)26(31)30-23-10-9-22(28)12-17(23)2/h4-14H,3,16H2,1-2H3,(H,30,31)/b20-13+. The molecule has 0 aliphatic heterocycles. The molecule has 0 unspecified atom stereocenters. The first-order chi connectivity index (χ1) is 15.9. The second kappa shape index (κ2) is 11.6. The lowest BCUT2D eigenvalue weighted by Crippen LogP contribution is -2.14. The molecule has 0 fully saturated rings. The number of nitriles is 1. The van der Waals surface area contributed by atoms with Crippen LogP contribution in [0.5, 0.6) is 11.5 Å². The molecule has 0 aliphatic rings. The van der Waals surface area contributed by atoms with E-state index in [1.807, 2.05) is 44.2 Å². The third kappa shape index (κ3) is 6.85. The van der Waals surface area contributed by atoms with Gasteiger partial charge >= 0.3 is 0 Å². The summed E-state index contributed by atoms with van der Waals surface area (Å²) in [5.74, 6) is 0.614. The van der Waals surface area contributed by atoms with E-state index in [0.717, 1.165) is 15.6 Å². The van der Waals surface area contributed by atoms with Gasteiger partial charge in [-0.05, 0) is 79.1 Å². The van der Waals surface area contributed by atoms with Crippen molar-refractivity contribution in [3.05, 3.63) is 92.4 Å². The van der Waals surface area contributed by atoms with Crippen LogP contribution in [0.4, 0.5) is 5.69 Å². The third-order valence-corrected chi connectivity index (χ3v) is 5.45. The molecular weight excluding hydrogens is 504 g/mol. The van der Waals surface area contributed by atoms with Crippen LogP contribution in [-0.2, 0) is 11.4 Å². The summed E-state index contributed by atoms with van der Waals surface area (Å²) in [6.45, 7) is 4.54. The number of benzene rings is 3. The van der Waals surface area contributed by atoms with E-state index >= 15 is 0 Å². The summed E-state index contributed by atoms with van der Waals surface area (Å²) in [5, 5.41) is 12.9. The molecule has 33 heavy (non-hydrogen) atoms.